The van der Waals surface area contributed by atoms with Gasteiger partial charge in [0.05, 0.1) is 6.54 Å². The van der Waals surface area contributed by atoms with E-state index in [9.17, 15) is 0 Å². The van der Waals surface area contributed by atoms with Crippen LogP contribution in [0.2, 0.25) is 0 Å². The molecule has 0 saturated carbocycles. The molecule has 0 unspecified atom stereocenters. The Kier molecular flexibility index (Phi) is 4.39. The Morgan fingerprint density at radius 1 is 1.25 bits per heavy atom. The van der Waals surface area contributed by atoms with Crippen molar-refractivity contribution < 1.29 is 9.26 Å². The number of nitrogens with zero attached hydrogens (tertiary/aromatic N) is 2. The summed E-state index contributed by atoms with van der Waals surface area (Å²) in [6.45, 7) is 8.97. The second-order valence-electron chi connectivity index (χ2n) is 5.17. The Hall–Kier alpha value is -1.88. The number of hydrogen-bond acceptors (Lipinski definition) is 5. The van der Waals surface area contributed by atoms with E-state index in [1.54, 1.807) is 0 Å². The Morgan fingerprint density at radius 2 is 1.95 bits per heavy atom. The van der Waals surface area contributed by atoms with Gasteiger partial charge in [0.15, 0.2) is 0 Å². The van der Waals surface area contributed by atoms with Crippen LogP contribution in [-0.4, -0.2) is 16.7 Å². The van der Waals surface area contributed by atoms with Gasteiger partial charge in [0.1, 0.15) is 5.60 Å². The fraction of sp³-hybridized carbons (Fsp3) is 0.467. The number of hydrogen-bond donors (Lipinski definition) is 1. The minimum absolute atomic E-state index is 0.498. The summed E-state index contributed by atoms with van der Waals surface area (Å²) in [5.74, 6) is 1.12. The number of nitrogens with one attached hydrogen (secondary N) is 1. The molecule has 0 aliphatic heterocycles. The van der Waals surface area contributed by atoms with Gasteiger partial charge in [-0.15, -0.1) is 0 Å². The lowest BCUT2D eigenvalue weighted by Crippen LogP contribution is -2.23. The normalized spacial score (nSPS) is 11.6. The third-order valence-electron chi connectivity index (χ3n) is 3.01. The van der Waals surface area contributed by atoms with Crippen molar-refractivity contribution in [3.63, 3.8) is 0 Å². The van der Waals surface area contributed by atoms with Crippen LogP contribution in [0.5, 0.6) is 0 Å². The zero-order valence-electron chi connectivity index (χ0n) is 12.4. The van der Waals surface area contributed by atoms with E-state index >= 15 is 0 Å². The summed E-state index contributed by atoms with van der Waals surface area (Å²) >= 11 is 0. The monoisotopic (exact) mass is 275 g/mol. The molecule has 0 bridgehead atoms. The van der Waals surface area contributed by atoms with Crippen LogP contribution < -0.4 is 5.32 Å². The lowest BCUT2D eigenvalue weighted by Gasteiger charge is -2.19. The molecule has 0 fully saturated rings. The van der Waals surface area contributed by atoms with Crippen LogP contribution in [0.3, 0.4) is 0 Å². The highest BCUT2D eigenvalue weighted by Gasteiger charge is 2.26. The van der Waals surface area contributed by atoms with Gasteiger partial charge in [0, 0.05) is 12.3 Å². The topological polar surface area (TPSA) is 60.2 Å². The molecule has 5 nitrogen and oxygen atoms in total. The Labute approximate surface area is 119 Å². The first-order chi connectivity index (χ1) is 9.51. The number of ether oxygens (including phenoxy) is 1. The maximum Gasteiger partial charge on any atom is 0.246 e. The minimum atomic E-state index is -0.527. The van der Waals surface area contributed by atoms with Crippen molar-refractivity contribution in [2.45, 2.75) is 39.8 Å². The maximum absolute atomic E-state index is 5.60. The van der Waals surface area contributed by atoms with Crippen LogP contribution in [-0.2, 0) is 16.9 Å². The maximum atomic E-state index is 5.60. The van der Waals surface area contributed by atoms with Crippen molar-refractivity contribution in [2.75, 3.05) is 11.9 Å². The number of aromatic nitrogens is 2. The van der Waals surface area contributed by atoms with Crippen molar-refractivity contribution >= 4 is 5.69 Å². The molecule has 0 spiro atoms. The first-order valence-electron chi connectivity index (χ1n) is 6.79. The van der Waals surface area contributed by atoms with Gasteiger partial charge in [0.25, 0.3) is 0 Å². The summed E-state index contributed by atoms with van der Waals surface area (Å²) in [5.41, 5.74) is 1.73. The quantitative estimate of drug-likeness (QED) is 0.876. The molecular formula is C15H21N3O2. The van der Waals surface area contributed by atoms with E-state index in [4.69, 9.17) is 9.26 Å². The van der Waals surface area contributed by atoms with Gasteiger partial charge in [-0.2, -0.15) is 4.98 Å². The molecule has 1 N–H and O–H groups in total. The largest absolute Gasteiger partial charge is 0.376 e. The molecule has 0 radical (unpaired) electrons. The molecule has 5 heteroatoms. The molecule has 1 aromatic heterocycles. The Morgan fingerprint density at radius 3 is 2.60 bits per heavy atom. The first-order valence-corrected chi connectivity index (χ1v) is 6.79. The van der Waals surface area contributed by atoms with Gasteiger partial charge >= 0.3 is 0 Å². The van der Waals surface area contributed by atoms with E-state index in [0.29, 0.717) is 24.9 Å². The van der Waals surface area contributed by atoms with Crippen molar-refractivity contribution in [2.24, 2.45) is 0 Å². The highest BCUT2D eigenvalue weighted by Crippen LogP contribution is 2.21. The minimum Gasteiger partial charge on any atom is -0.376 e. The van der Waals surface area contributed by atoms with Crippen LogP contribution in [0, 0.1) is 6.92 Å². The number of aryl methyl sites for hydroxylation is 1. The number of rotatable bonds is 6. The molecule has 108 valence electrons. The van der Waals surface area contributed by atoms with Gasteiger partial charge in [-0.3, -0.25) is 0 Å². The number of anilines is 1. The third-order valence-corrected chi connectivity index (χ3v) is 3.01. The van der Waals surface area contributed by atoms with Gasteiger partial charge in [-0.25, -0.2) is 0 Å². The average molecular weight is 275 g/mol. The van der Waals surface area contributed by atoms with Gasteiger partial charge in [-0.1, -0.05) is 22.9 Å². The van der Waals surface area contributed by atoms with Gasteiger partial charge in [-0.05, 0) is 39.8 Å². The highest BCUT2D eigenvalue weighted by atomic mass is 16.5. The second-order valence-corrected chi connectivity index (χ2v) is 5.17. The molecule has 2 rings (SSSR count). The van der Waals surface area contributed by atoms with E-state index in [1.165, 1.54) is 5.56 Å². The lowest BCUT2D eigenvalue weighted by molar-refractivity contribution is -0.0221. The highest BCUT2D eigenvalue weighted by molar-refractivity contribution is 5.44. The molecule has 0 aliphatic rings. The van der Waals surface area contributed by atoms with Crippen LogP contribution in [0.4, 0.5) is 5.69 Å². The second kappa shape index (κ2) is 6.05. The lowest BCUT2D eigenvalue weighted by atomic mass is 10.1. The van der Waals surface area contributed by atoms with Gasteiger partial charge < -0.3 is 14.6 Å². The summed E-state index contributed by atoms with van der Waals surface area (Å²) in [5, 5.41) is 7.23. The fourth-order valence-corrected chi connectivity index (χ4v) is 1.85. The molecule has 1 aromatic carbocycles. The predicted octanol–water partition coefficient (Wildman–Crippen LogP) is 3.26. The fourth-order valence-electron chi connectivity index (χ4n) is 1.85. The smallest absolute Gasteiger partial charge is 0.246 e. The number of benzene rings is 1. The van der Waals surface area contributed by atoms with Crippen molar-refractivity contribution in [3.8, 4) is 0 Å². The molecule has 1 heterocycles. The Bertz CT molecular complexity index is 547. The first kappa shape index (κ1) is 14.5. The third kappa shape index (κ3) is 3.57. The summed E-state index contributed by atoms with van der Waals surface area (Å²) in [4.78, 5) is 4.37. The van der Waals surface area contributed by atoms with Crippen LogP contribution in [0.1, 0.15) is 38.0 Å². The van der Waals surface area contributed by atoms with E-state index in [-0.39, 0.29) is 0 Å². The van der Waals surface area contributed by atoms with E-state index in [0.717, 1.165) is 5.69 Å². The summed E-state index contributed by atoms with van der Waals surface area (Å²) < 4.78 is 10.8. The predicted molar refractivity (Wildman–Crippen MR) is 77.5 cm³/mol. The standard InChI is InChI=1S/C15H21N3O2/c1-5-19-15(3,4)14-17-13(20-18-14)10-16-12-8-6-11(2)7-9-12/h6-9,16H,5,10H2,1-4H3. The summed E-state index contributed by atoms with van der Waals surface area (Å²) in [6.07, 6.45) is 0. The van der Waals surface area contributed by atoms with E-state index < -0.39 is 5.60 Å². The van der Waals surface area contributed by atoms with Crippen LogP contribution in [0.15, 0.2) is 28.8 Å². The molecule has 0 amide bonds. The Balaban J connectivity index is 1.97. The zero-order chi connectivity index (χ0) is 14.6. The van der Waals surface area contributed by atoms with Gasteiger partial charge in [0.2, 0.25) is 11.7 Å². The molecule has 0 atom stereocenters. The summed E-state index contributed by atoms with van der Waals surface area (Å²) in [7, 11) is 0. The molecule has 0 aliphatic carbocycles. The average Bonchev–Trinajstić information content (AvgIpc) is 2.88. The molecular weight excluding hydrogens is 254 g/mol. The summed E-state index contributed by atoms with van der Waals surface area (Å²) in [6, 6.07) is 8.16. The van der Waals surface area contributed by atoms with Crippen LogP contribution in [0.25, 0.3) is 0 Å². The van der Waals surface area contributed by atoms with Crippen LogP contribution >= 0.6 is 0 Å². The molecule has 0 saturated heterocycles. The molecule has 2 aromatic rings. The SMILES string of the molecule is CCOC(C)(C)c1noc(CNc2ccc(C)cc2)n1. The van der Waals surface area contributed by atoms with E-state index in [2.05, 4.69) is 34.5 Å². The molecule has 20 heavy (non-hydrogen) atoms. The van der Waals surface area contributed by atoms with Crippen molar-refractivity contribution in [3.05, 3.63) is 41.5 Å². The van der Waals surface area contributed by atoms with Crippen molar-refractivity contribution in [1.82, 2.24) is 10.1 Å². The van der Waals surface area contributed by atoms with Crippen molar-refractivity contribution in [1.29, 1.82) is 0 Å². The zero-order valence-corrected chi connectivity index (χ0v) is 12.4. The van der Waals surface area contributed by atoms with E-state index in [1.807, 2.05) is 32.9 Å².